The van der Waals surface area contributed by atoms with Gasteiger partial charge in [-0.2, -0.15) is 8.78 Å². The highest BCUT2D eigenvalue weighted by atomic mass is 19.3. The Bertz CT molecular complexity index is 293. The fourth-order valence-corrected chi connectivity index (χ4v) is 1.28. The average Bonchev–Trinajstić information content (AvgIpc) is 1.92. The zero-order chi connectivity index (χ0) is 10.3. The molecule has 0 spiro atoms. The summed E-state index contributed by atoms with van der Waals surface area (Å²) in [4.78, 5) is 10.9. The molecular weight excluding hydrogens is 174 g/mol. The number of hydrogen-bond donors (Lipinski definition) is 0. The summed E-state index contributed by atoms with van der Waals surface area (Å²) >= 11 is 0. The van der Waals surface area contributed by atoms with Gasteiger partial charge in [0.1, 0.15) is 0 Å². The van der Waals surface area contributed by atoms with E-state index < -0.39 is 11.3 Å². The number of rotatable bonds is 0. The van der Waals surface area contributed by atoms with Gasteiger partial charge in [-0.25, -0.2) is 0 Å². The van der Waals surface area contributed by atoms with Crippen LogP contribution in [0.5, 0.6) is 0 Å². The topological polar surface area (TPSA) is 17.1 Å². The van der Waals surface area contributed by atoms with Gasteiger partial charge in [0.25, 0.3) is 5.92 Å². The van der Waals surface area contributed by atoms with E-state index >= 15 is 0 Å². The van der Waals surface area contributed by atoms with Crippen molar-refractivity contribution >= 4 is 5.78 Å². The van der Waals surface area contributed by atoms with E-state index in [1.54, 1.807) is 20.8 Å². The number of carbonyl (C=O) groups excluding carboxylic acids is 1. The Hall–Kier alpha value is -0.990. The van der Waals surface area contributed by atoms with Gasteiger partial charge in [-0.1, -0.05) is 20.8 Å². The number of halogens is 2. The van der Waals surface area contributed by atoms with Gasteiger partial charge >= 0.3 is 0 Å². The van der Waals surface area contributed by atoms with Crippen LogP contribution in [0.2, 0.25) is 0 Å². The van der Waals surface area contributed by atoms with Crippen molar-refractivity contribution in [3.63, 3.8) is 0 Å². The number of ketones is 1. The number of allylic oxidation sites excluding steroid dienone is 4. The molecule has 1 aliphatic carbocycles. The first-order valence-electron chi connectivity index (χ1n) is 4.07. The summed E-state index contributed by atoms with van der Waals surface area (Å²) in [5.41, 5.74) is -0.795. The van der Waals surface area contributed by atoms with E-state index in [0.29, 0.717) is 6.08 Å². The summed E-state index contributed by atoms with van der Waals surface area (Å²) < 4.78 is 26.5. The molecule has 0 aromatic heterocycles. The number of hydrogen-bond acceptors (Lipinski definition) is 1. The Kier molecular flexibility index (Phi) is 2.14. The Morgan fingerprint density at radius 2 is 1.85 bits per heavy atom. The molecule has 0 radical (unpaired) electrons. The summed E-state index contributed by atoms with van der Waals surface area (Å²) in [6, 6.07) is 0. The first-order valence-corrected chi connectivity index (χ1v) is 4.07. The largest absolute Gasteiger partial charge is 0.290 e. The van der Waals surface area contributed by atoms with Gasteiger partial charge < -0.3 is 0 Å². The van der Waals surface area contributed by atoms with Crippen LogP contribution in [0.1, 0.15) is 20.8 Å². The maximum absolute atomic E-state index is 13.2. The second-order valence-corrected chi connectivity index (χ2v) is 4.17. The zero-order valence-corrected chi connectivity index (χ0v) is 7.90. The molecule has 0 fully saturated rings. The zero-order valence-electron chi connectivity index (χ0n) is 7.90. The number of alkyl halides is 2. The lowest BCUT2D eigenvalue weighted by Gasteiger charge is -2.29. The lowest BCUT2D eigenvalue weighted by Crippen LogP contribution is -2.29. The molecule has 0 saturated heterocycles. The fraction of sp³-hybridized carbons (Fsp3) is 0.500. The van der Waals surface area contributed by atoms with E-state index in [4.69, 9.17) is 0 Å². The van der Waals surface area contributed by atoms with Crippen LogP contribution >= 0.6 is 0 Å². The monoisotopic (exact) mass is 186 g/mol. The smallest absolute Gasteiger partial charge is 0.289 e. The minimum Gasteiger partial charge on any atom is -0.290 e. The van der Waals surface area contributed by atoms with Crippen molar-refractivity contribution in [1.82, 2.24) is 0 Å². The average molecular weight is 186 g/mol. The summed E-state index contributed by atoms with van der Waals surface area (Å²) in [6.45, 7) is 5.00. The van der Waals surface area contributed by atoms with Crippen LogP contribution in [0.15, 0.2) is 23.8 Å². The van der Waals surface area contributed by atoms with Gasteiger partial charge in [-0.15, -0.1) is 0 Å². The van der Waals surface area contributed by atoms with E-state index in [2.05, 4.69) is 0 Å². The SMILES string of the molecule is CC(C)(C)C1=CC(=O)C=CC1(F)F. The predicted molar refractivity (Wildman–Crippen MR) is 46.6 cm³/mol. The van der Waals surface area contributed by atoms with Crippen molar-refractivity contribution in [3.8, 4) is 0 Å². The maximum Gasteiger partial charge on any atom is 0.289 e. The third-order valence-electron chi connectivity index (χ3n) is 1.91. The van der Waals surface area contributed by atoms with Gasteiger partial charge in [-0.3, -0.25) is 4.79 Å². The third kappa shape index (κ3) is 2.02. The molecule has 13 heavy (non-hydrogen) atoms. The molecule has 1 nitrogen and oxygen atoms in total. The van der Waals surface area contributed by atoms with Gasteiger partial charge in [0.05, 0.1) is 0 Å². The van der Waals surface area contributed by atoms with Crippen LogP contribution in [0, 0.1) is 5.41 Å². The van der Waals surface area contributed by atoms with E-state index in [0.717, 1.165) is 12.2 Å². The molecule has 1 rings (SSSR count). The molecule has 3 heteroatoms. The standard InChI is InChI=1S/C10H12F2O/c1-9(2,3)8-6-7(13)4-5-10(8,11)12/h4-6H,1-3H3. The normalized spacial score (nSPS) is 21.6. The molecule has 0 amide bonds. The minimum absolute atomic E-state index is 0.118. The van der Waals surface area contributed by atoms with E-state index in [-0.39, 0.29) is 11.4 Å². The van der Waals surface area contributed by atoms with Gasteiger partial charge in [0.2, 0.25) is 0 Å². The third-order valence-corrected chi connectivity index (χ3v) is 1.91. The van der Waals surface area contributed by atoms with Gasteiger partial charge in [-0.05, 0) is 23.6 Å². The van der Waals surface area contributed by atoms with E-state index in [1.165, 1.54) is 0 Å². The van der Waals surface area contributed by atoms with Gasteiger partial charge in [0, 0.05) is 5.57 Å². The molecule has 0 atom stereocenters. The summed E-state index contributed by atoms with van der Waals surface area (Å²) in [5, 5.41) is 0. The molecule has 1 aliphatic rings. The van der Waals surface area contributed by atoms with Crippen molar-refractivity contribution in [2.24, 2.45) is 5.41 Å². The Labute approximate surface area is 76.1 Å². The Balaban J connectivity index is 3.13. The van der Waals surface area contributed by atoms with E-state index in [9.17, 15) is 13.6 Å². The van der Waals surface area contributed by atoms with Crippen LogP contribution in [0.4, 0.5) is 8.78 Å². The molecule has 0 saturated carbocycles. The highest BCUT2D eigenvalue weighted by Crippen LogP contribution is 2.40. The molecule has 0 aromatic carbocycles. The molecule has 0 aliphatic heterocycles. The molecule has 0 bridgehead atoms. The van der Waals surface area contributed by atoms with Gasteiger partial charge in [0.15, 0.2) is 5.78 Å². The first kappa shape index (κ1) is 10.1. The molecule has 72 valence electrons. The van der Waals surface area contributed by atoms with Crippen LogP contribution < -0.4 is 0 Å². The molecular formula is C10H12F2O. The molecule has 0 unspecified atom stereocenters. The first-order chi connectivity index (χ1) is 5.73. The summed E-state index contributed by atoms with van der Waals surface area (Å²) in [5.74, 6) is -3.34. The Morgan fingerprint density at radius 1 is 1.31 bits per heavy atom. The predicted octanol–water partition coefficient (Wildman–Crippen LogP) is 2.73. The summed E-state index contributed by atoms with van der Waals surface area (Å²) in [7, 11) is 0. The van der Waals surface area contributed by atoms with Crippen molar-refractivity contribution in [1.29, 1.82) is 0 Å². The summed E-state index contributed by atoms with van der Waals surface area (Å²) in [6.07, 6.45) is 2.60. The van der Waals surface area contributed by atoms with Crippen molar-refractivity contribution in [2.45, 2.75) is 26.7 Å². The highest BCUT2D eigenvalue weighted by molar-refractivity contribution is 6.01. The second-order valence-electron chi connectivity index (χ2n) is 4.17. The second kappa shape index (κ2) is 2.76. The van der Waals surface area contributed by atoms with Crippen LogP contribution in [0.3, 0.4) is 0 Å². The fourth-order valence-electron chi connectivity index (χ4n) is 1.28. The molecule has 0 aromatic rings. The Morgan fingerprint density at radius 3 is 2.23 bits per heavy atom. The minimum atomic E-state index is -2.98. The van der Waals surface area contributed by atoms with Crippen molar-refractivity contribution < 1.29 is 13.6 Å². The molecule has 0 heterocycles. The van der Waals surface area contributed by atoms with Crippen molar-refractivity contribution in [2.75, 3.05) is 0 Å². The van der Waals surface area contributed by atoms with E-state index in [1.807, 2.05) is 0 Å². The number of carbonyl (C=O) groups is 1. The lowest BCUT2D eigenvalue weighted by molar-refractivity contribution is -0.111. The van der Waals surface area contributed by atoms with Crippen LogP contribution in [-0.2, 0) is 4.79 Å². The van der Waals surface area contributed by atoms with Crippen molar-refractivity contribution in [3.05, 3.63) is 23.8 Å². The molecule has 0 N–H and O–H groups in total. The lowest BCUT2D eigenvalue weighted by atomic mass is 9.80. The quantitative estimate of drug-likeness (QED) is 0.568. The van der Waals surface area contributed by atoms with Crippen LogP contribution in [-0.4, -0.2) is 11.7 Å². The van der Waals surface area contributed by atoms with Crippen LogP contribution in [0.25, 0.3) is 0 Å². The highest BCUT2D eigenvalue weighted by Gasteiger charge is 2.40. The maximum atomic E-state index is 13.2.